The second-order valence-corrected chi connectivity index (χ2v) is 6.47. The van der Waals surface area contributed by atoms with Crippen molar-refractivity contribution in [3.8, 4) is 0 Å². The van der Waals surface area contributed by atoms with Gasteiger partial charge in [0.15, 0.2) is 0 Å². The van der Waals surface area contributed by atoms with E-state index in [0.29, 0.717) is 11.7 Å². The molecule has 1 saturated heterocycles. The third kappa shape index (κ3) is 3.67. The van der Waals surface area contributed by atoms with Crippen molar-refractivity contribution >= 4 is 17.4 Å². The molecule has 6 heteroatoms. The standard InChI is InChI=1S/C17H24ClN5/c1-13-15(16(18)22(2)21-13)12-19-11-14-7-6-8-20-17(14)23-9-4-3-5-10-23/h6-8,19H,3-5,9-12H2,1-2H3. The van der Waals surface area contributed by atoms with Crippen LogP contribution in [0.2, 0.25) is 5.15 Å². The molecule has 124 valence electrons. The van der Waals surface area contributed by atoms with Gasteiger partial charge in [0, 0.05) is 50.6 Å². The Hall–Kier alpha value is -1.59. The monoisotopic (exact) mass is 333 g/mol. The Balaban J connectivity index is 1.66. The van der Waals surface area contributed by atoms with Crippen molar-refractivity contribution in [3.63, 3.8) is 0 Å². The van der Waals surface area contributed by atoms with Crippen molar-refractivity contribution in [2.45, 2.75) is 39.3 Å². The minimum atomic E-state index is 0.706. The first kappa shape index (κ1) is 16.3. The molecule has 2 aromatic rings. The van der Waals surface area contributed by atoms with Crippen molar-refractivity contribution in [1.82, 2.24) is 20.1 Å². The molecule has 0 bridgehead atoms. The first-order valence-corrected chi connectivity index (χ1v) is 8.62. The molecule has 3 heterocycles. The molecule has 3 rings (SSSR count). The van der Waals surface area contributed by atoms with E-state index < -0.39 is 0 Å². The van der Waals surface area contributed by atoms with Gasteiger partial charge in [0.1, 0.15) is 11.0 Å². The van der Waals surface area contributed by atoms with Crippen LogP contribution >= 0.6 is 11.6 Å². The summed E-state index contributed by atoms with van der Waals surface area (Å²) in [5.74, 6) is 1.12. The Kier molecular flexibility index (Phi) is 5.18. The van der Waals surface area contributed by atoms with Gasteiger partial charge in [0.2, 0.25) is 0 Å². The van der Waals surface area contributed by atoms with Gasteiger partial charge in [-0.3, -0.25) is 4.68 Å². The molecule has 0 atom stereocenters. The maximum absolute atomic E-state index is 6.29. The van der Waals surface area contributed by atoms with Gasteiger partial charge in [-0.15, -0.1) is 0 Å². The Bertz CT molecular complexity index is 661. The van der Waals surface area contributed by atoms with Crippen LogP contribution in [0, 0.1) is 6.92 Å². The van der Waals surface area contributed by atoms with Crippen molar-refractivity contribution in [2.75, 3.05) is 18.0 Å². The van der Waals surface area contributed by atoms with Gasteiger partial charge in [-0.2, -0.15) is 5.10 Å². The predicted octanol–water partition coefficient (Wildman–Crippen LogP) is 3.06. The zero-order valence-corrected chi connectivity index (χ0v) is 14.6. The van der Waals surface area contributed by atoms with Gasteiger partial charge in [0.25, 0.3) is 0 Å². The summed E-state index contributed by atoms with van der Waals surface area (Å²) in [6.07, 6.45) is 5.73. The molecule has 0 unspecified atom stereocenters. The van der Waals surface area contributed by atoms with Gasteiger partial charge in [0.05, 0.1) is 5.69 Å². The summed E-state index contributed by atoms with van der Waals surface area (Å²) >= 11 is 6.29. The molecule has 0 spiro atoms. The zero-order chi connectivity index (χ0) is 16.2. The molecule has 1 aliphatic heterocycles. The molecule has 0 saturated carbocycles. The SMILES string of the molecule is Cc1nn(C)c(Cl)c1CNCc1cccnc1N1CCCCC1. The van der Waals surface area contributed by atoms with E-state index in [-0.39, 0.29) is 0 Å². The number of piperidine rings is 1. The number of nitrogens with zero attached hydrogens (tertiary/aromatic N) is 4. The van der Waals surface area contributed by atoms with Crippen LogP contribution in [0.1, 0.15) is 36.1 Å². The highest BCUT2D eigenvalue weighted by molar-refractivity contribution is 6.30. The highest BCUT2D eigenvalue weighted by atomic mass is 35.5. The summed E-state index contributed by atoms with van der Waals surface area (Å²) < 4.78 is 1.72. The van der Waals surface area contributed by atoms with Gasteiger partial charge in [-0.05, 0) is 32.3 Å². The topological polar surface area (TPSA) is 46.0 Å². The highest BCUT2D eigenvalue weighted by Crippen LogP contribution is 2.22. The third-order valence-electron chi connectivity index (χ3n) is 4.41. The summed E-state index contributed by atoms with van der Waals surface area (Å²) in [4.78, 5) is 7.02. The molecule has 0 radical (unpaired) electrons. The van der Waals surface area contributed by atoms with Crippen LogP contribution in [-0.2, 0) is 20.1 Å². The lowest BCUT2D eigenvalue weighted by Crippen LogP contribution is -2.31. The van der Waals surface area contributed by atoms with E-state index in [2.05, 4.69) is 26.4 Å². The quantitative estimate of drug-likeness (QED) is 0.913. The van der Waals surface area contributed by atoms with Gasteiger partial charge in [-0.25, -0.2) is 4.98 Å². The highest BCUT2D eigenvalue weighted by Gasteiger charge is 2.16. The van der Waals surface area contributed by atoms with Crippen LogP contribution in [-0.4, -0.2) is 27.9 Å². The van der Waals surface area contributed by atoms with E-state index in [1.54, 1.807) is 4.68 Å². The average molecular weight is 334 g/mol. The lowest BCUT2D eigenvalue weighted by Gasteiger charge is -2.29. The number of anilines is 1. The fourth-order valence-corrected chi connectivity index (χ4v) is 3.40. The van der Waals surface area contributed by atoms with Crippen LogP contribution in [0.4, 0.5) is 5.82 Å². The molecule has 0 aromatic carbocycles. The number of aromatic nitrogens is 3. The number of hydrogen-bond acceptors (Lipinski definition) is 4. The largest absolute Gasteiger partial charge is 0.356 e. The summed E-state index contributed by atoms with van der Waals surface area (Å²) in [6, 6.07) is 4.16. The lowest BCUT2D eigenvalue weighted by molar-refractivity contribution is 0.569. The lowest BCUT2D eigenvalue weighted by atomic mass is 10.1. The molecule has 23 heavy (non-hydrogen) atoms. The molecule has 0 amide bonds. The van der Waals surface area contributed by atoms with Gasteiger partial charge < -0.3 is 10.2 Å². The molecule has 1 aliphatic rings. The van der Waals surface area contributed by atoms with E-state index >= 15 is 0 Å². The van der Waals surface area contributed by atoms with Crippen molar-refractivity contribution < 1.29 is 0 Å². The van der Waals surface area contributed by atoms with Crippen LogP contribution in [0.5, 0.6) is 0 Å². The fraction of sp³-hybridized carbons (Fsp3) is 0.529. The van der Waals surface area contributed by atoms with Crippen LogP contribution in [0.25, 0.3) is 0 Å². The van der Waals surface area contributed by atoms with E-state index in [4.69, 9.17) is 11.6 Å². The summed E-state index contributed by atoms with van der Waals surface area (Å²) in [5.41, 5.74) is 3.29. The Morgan fingerprint density at radius 2 is 2.00 bits per heavy atom. The van der Waals surface area contributed by atoms with Crippen LogP contribution in [0.3, 0.4) is 0 Å². The zero-order valence-electron chi connectivity index (χ0n) is 13.8. The average Bonchev–Trinajstić information content (AvgIpc) is 2.82. The van der Waals surface area contributed by atoms with E-state index in [1.165, 1.54) is 24.8 Å². The second kappa shape index (κ2) is 7.32. The first-order valence-electron chi connectivity index (χ1n) is 8.24. The molecular formula is C17H24ClN5. The Labute approximate surface area is 142 Å². The number of pyridine rings is 1. The van der Waals surface area contributed by atoms with Gasteiger partial charge in [-0.1, -0.05) is 17.7 Å². The minimum absolute atomic E-state index is 0.706. The maximum Gasteiger partial charge on any atom is 0.133 e. The molecular weight excluding hydrogens is 310 g/mol. The number of hydrogen-bond donors (Lipinski definition) is 1. The van der Waals surface area contributed by atoms with Crippen molar-refractivity contribution in [3.05, 3.63) is 40.3 Å². The van der Waals surface area contributed by atoms with Crippen LogP contribution in [0.15, 0.2) is 18.3 Å². The minimum Gasteiger partial charge on any atom is -0.356 e. The number of halogens is 1. The normalized spacial score (nSPS) is 15.2. The smallest absolute Gasteiger partial charge is 0.133 e. The van der Waals surface area contributed by atoms with E-state index in [0.717, 1.165) is 36.7 Å². The number of nitrogens with one attached hydrogen (secondary N) is 1. The summed E-state index contributed by atoms with van der Waals surface area (Å²) in [6.45, 7) is 5.71. The molecule has 1 fully saturated rings. The number of aryl methyl sites for hydroxylation is 2. The second-order valence-electron chi connectivity index (χ2n) is 6.12. The molecule has 0 aliphatic carbocycles. The first-order chi connectivity index (χ1) is 11.2. The fourth-order valence-electron chi connectivity index (χ4n) is 3.16. The Morgan fingerprint density at radius 1 is 1.22 bits per heavy atom. The Morgan fingerprint density at radius 3 is 2.70 bits per heavy atom. The number of rotatable bonds is 5. The third-order valence-corrected chi connectivity index (χ3v) is 4.88. The van der Waals surface area contributed by atoms with Gasteiger partial charge >= 0.3 is 0 Å². The summed E-state index contributed by atoms with van der Waals surface area (Å²) in [5, 5.41) is 8.55. The molecule has 1 N–H and O–H groups in total. The summed E-state index contributed by atoms with van der Waals surface area (Å²) in [7, 11) is 1.87. The predicted molar refractivity (Wildman–Crippen MR) is 93.8 cm³/mol. The van der Waals surface area contributed by atoms with Crippen LogP contribution < -0.4 is 10.2 Å². The van der Waals surface area contributed by atoms with E-state index in [1.807, 2.05) is 26.2 Å². The van der Waals surface area contributed by atoms with Crippen molar-refractivity contribution in [2.24, 2.45) is 7.05 Å². The molecule has 2 aromatic heterocycles. The van der Waals surface area contributed by atoms with E-state index in [9.17, 15) is 0 Å². The molecule has 5 nitrogen and oxygen atoms in total. The maximum atomic E-state index is 6.29. The van der Waals surface area contributed by atoms with Crippen molar-refractivity contribution in [1.29, 1.82) is 0 Å².